The van der Waals surface area contributed by atoms with Crippen LogP contribution in [0.5, 0.6) is 0 Å². The van der Waals surface area contributed by atoms with Gasteiger partial charge in [-0.05, 0) is 36.0 Å². The maximum atomic E-state index is 13.4. The number of methoxy groups -OCH3 is 1. The van der Waals surface area contributed by atoms with Crippen molar-refractivity contribution in [1.29, 1.82) is 0 Å². The van der Waals surface area contributed by atoms with Gasteiger partial charge in [-0.2, -0.15) is 13.2 Å². The molecule has 1 fully saturated rings. The molecule has 1 saturated carbocycles. The van der Waals surface area contributed by atoms with Crippen LogP contribution in [0.25, 0.3) is 11.6 Å². The van der Waals surface area contributed by atoms with Crippen LogP contribution in [0.4, 0.5) is 24.9 Å². The first-order chi connectivity index (χ1) is 19.3. The minimum absolute atomic E-state index is 0.0663. The summed E-state index contributed by atoms with van der Waals surface area (Å²) < 4.78 is 51.3. The third-order valence-electron chi connectivity index (χ3n) is 6.83. The number of aromatic nitrogens is 3. The van der Waals surface area contributed by atoms with E-state index in [0.717, 1.165) is 23.4 Å². The summed E-state index contributed by atoms with van der Waals surface area (Å²) >= 11 is 0. The lowest BCUT2D eigenvalue weighted by molar-refractivity contribution is -0.137. The number of fused-ring (bicyclic) bond motifs is 1. The second kappa shape index (κ2) is 10.2. The SMILES string of the molecule is COC[C@H]1CC1c1cc(C(F)(F)F)cnc1-c1nnc(N[C@H]2N=C(c3ccccc3)c3ccccc3NC2=O)o1. The number of benzene rings is 2. The van der Waals surface area contributed by atoms with E-state index < -0.39 is 23.8 Å². The number of nitrogens with one attached hydrogen (secondary N) is 2. The number of hydrogen-bond acceptors (Lipinski definition) is 8. The average Bonchev–Trinajstić information content (AvgIpc) is 3.59. The Bertz CT molecular complexity index is 1590. The van der Waals surface area contributed by atoms with Gasteiger partial charge in [0.2, 0.25) is 6.17 Å². The Morgan fingerprint density at radius 2 is 1.88 bits per heavy atom. The standard InChI is InChI=1S/C28H23F3N6O3/c1-39-14-16-11-19(16)20-12-17(28(29,30)31)13-32-23(20)26-36-37-27(40-26)35-24-25(38)33-21-10-6-5-9-18(21)22(34-24)15-7-3-2-4-8-15/h2-10,12-13,16,19,24H,11,14H2,1H3,(H,33,38)(H,35,37)/t16-,19?,24-/m1/s1. The maximum Gasteiger partial charge on any atom is 0.417 e. The van der Waals surface area contributed by atoms with Crippen LogP contribution < -0.4 is 10.6 Å². The number of benzodiazepines with no additional fused rings is 1. The van der Waals surface area contributed by atoms with Crippen molar-refractivity contribution in [2.45, 2.75) is 24.7 Å². The number of pyridine rings is 1. The number of nitrogens with zero attached hydrogens (tertiary/aromatic N) is 4. The van der Waals surface area contributed by atoms with E-state index in [1.807, 2.05) is 48.5 Å². The fraction of sp³-hybridized carbons (Fsp3) is 0.250. The summed E-state index contributed by atoms with van der Waals surface area (Å²) in [7, 11) is 1.55. The Morgan fingerprint density at radius 1 is 1.10 bits per heavy atom. The quantitative estimate of drug-likeness (QED) is 0.329. The number of hydrogen-bond donors (Lipinski definition) is 2. The molecule has 2 aliphatic rings. The zero-order valence-electron chi connectivity index (χ0n) is 21.1. The van der Waals surface area contributed by atoms with Gasteiger partial charge < -0.3 is 19.8 Å². The smallest absolute Gasteiger partial charge is 0.402 e. The highest BCUT2D eigenvalue weighted by Crippen LogP contribution is 2.50. The average molecular weight is 549 g/mol. The molecule has 1 amide bonds. The predicted molar refractivity (Wildman–Crippen MR) is 140 cm³/mol. The van der Waals surface area contributed by atoms with Gasteiger partial charge in [-0.25, -0.2) is 4.99 Å². The van der Waals surface area contributed by atoms with Crippen molar-refractivity contribution in [1.82, 2.24) is 15.2 Å². The summed E-state index contributed by atoms with van der Waals surface area (Å²) in [5.74, 6) is -0.639. The number of para-hydroxylation sites is 1. The zero-order valence-corrected chi connectivity index (χ0v) is 21.1. The molecule has 1 aliphatic heterocycles. The van der Waals surface area contributed by atoms with Crippen LogP contribution >= 0.6 is 0 Å². The molecule has 12 heteroatoms. The second-order valence-electron chi connectivity index (χ2n) is 9.56. The Balaban J connectivity index is 1.32. The molecule has 40 heavy (non-hydrogen) atoms. The van der Waals surface area contributed by atoms with Crippen molar-refractivity contribution in [2.75, 3.05) is 24.4 Å². The van der Waals surface area contributed by atoms with Gasteiger partial charge in [0.1, 0.15) is 5.69 Å². The fourth-order valence-electron chi connectivity index (χ4n) is 4.80. The summed E-state index contributed by atoms with van der Waals surface area (Å²) in [4.78, 5) is 21.8. The predicted octanol–water partition coefficient (Wildman–Crippen LogP) is 5.13. The lowest BCUT2D eigenvalue weighted by Gasteiger charge is -2.12. The van der Waals surface area contributed by atoms with Crippen molar-refractivity contribution < 1.29 is 27.1 Å². The normalized spacial score (nSPS) is 20.2. The monoisotopic (exact) mass is 548 g/mol. The lowest BCUT2D eigenvalue weighted by Crippen LogP contribution is -2.32. The van der Waals surface area contributed by atoms with E-state index in [9.17, 15) is 18.0 Å². The van der Waals surface area contributed by atoms with Crippen molar-refractivity contribution in [2.24, 2.45) is 10.9 Å². The van der Waals surface area contributed by atoms with Crippen molar-refractivity contribution in [3.8, 4) is 11.6 Å². The van der Waals surface area contributed by atoms with E-state index in [1.54, 1.807) is 13.2 Å². The van der Waals surface area contributed by atoms with Gasteiger partial charge >= 0.3 is 12.2 Å². The second-order valence-corrected chi connectivity index (χ2v) is 9.56. The van der Waals surface area contributed by atoms with Crippen LogP contribution in [-0.4, -0.2) is 46.7 Å². The van der Waals surface area contributed by atoms with Gasteiger partial charge in [-0.1, -0.05) is 53.6 Å². The lowest BCUT2D eigenvalue weighted by atomic mass is 10.0. The van der Waals surface area contributed by atoms with Gasteiger partial charge in [-0.15, -0.1) is 5.10 Å². The summed E-state index contributed by atoms with van der Waals surface area (Å²) in [6, 6.07) is 17.7. The molecule has 2 aromatic heterocycles. The zero-order chi connectivity index (χ0) is 27.9. The topological polar surface area (TPSA) is 115 Å². The van der Waals surface area contributed by atoms with Crippen LogP contribution in [0, 0.1) is 5.92 Å². The molecule has 0 radical (unpaired) electrons. The summed E-state index contributed by atoms with van der Waals surface area (Å²) in [6.45, 7) is 0.415. The highest BCUT2D eigenvalue weighted by molar-refractivity contribution is 6.19. The molecule has 0 saturated heterocycles. The number of aliphatic imine (C=N–C) groups is 1. The van der Waals surface area contributed by atoms with Gasteiger partial charge in [-0.3, -0.25) is 9.78 Å². The van der Waals surface area contributed by atoms with Crippen LogP contribution in [0.1, 0.15) is 34.6 Å². The number of amides is 1. The number of halogens is 3. The molecule has 3 atom stereocenters. The van der Waals surface area contributed by atoms with Crippen LogP contribution in [-0.2, 0) is 15.7 Å². The van der Waals surface area contributed by atoms with Crippen molar-refractivity contribution in [3.63, 3.8) is 0 Å². The molecule has 9 nitrogen and oxygen atoms in total. The van der Waals surface area contributed by atoms with E-state index in [2.05, 4.69) is 30.8 Å². The minimum Gasteiger partial charge on any atom is -0.402 e. The van der Waals surface area contributed by atoms with Gasteiger partial charge in [0.05, 0.1) is 17.0 Å². The summed E-state index contributed by atoms with van der Waals surface area (Å²) in [5, 5.41) is 13.7. The minimum atomic E-state index is -4.55. The van der Waals surface area contributed by atoms with E-state index >= 15 is 0 Å². The van der Waals surface area contributed by atoms with Gasteiger partial charge in [0, 0.05) is 31.0 Å². The Labute approximate surface area is 226 Å². The highest BCUT2D eigenvalue weighted by Gasteiger charge is 2.42. The highest BCUT2D eigenvalue weighted by atomic mass is 19.4. The molecule has 2 N–H and O–H groups in total. The van der Waals surface area contributed by atoms with E-state index in [4.69, 9.17) is 9.15 Å². The first-order valence-corrected chi connectivity index (χ1v) is 12.5. The molecule has 2 aromatic carbocycles. The summed E-state index contributed by atoms with van der Waals surface area (Å²) in [6.07, 6.45) is -4.28. The van der Waals surface area contributed by atoms with Crippen LogP contribution in [0.3, 0.4) is 0 Å². The molecule has 4 aromatic rings. The number of ether oxygens (including phenoxy) is 1. The van der Waals surface area contributed by atoms with E-state index in [0.29, 0.717) is 30.0 Å². The van der Waals surface area contributed by atoms with Gasteiger partial charge in [0.15, 0.2) is 0 Å². The number of carbonyl (C=O) groups is 1. The third-order valence-corrected chi connectivity index (χ3v) is 6.83. The van der Waals surface area contributed by atoms with E-state index in [1.165, 1.54) is 0 Å². The largest absolute Gasteiger partial charge is 0.417 e. The fourth-order valence-corrected chi connectivity index (χ4v) is 4.80. The Hall–Kier alpha value is -4.58. The number of rotatable bonds is 7. The molecule has 1 unspecified atom stereocenters. The molecular weight excluding hydrogens is 525 g/mol. The van der Waals surface area contributed by atoms with Crippen molar-refractivity contribution in [3.05, 3.63) is 89.1 Å². The molecule has 0 spiro atoms. The molecule has 3 heterocycles. The maximum absolute atomic E-state index is 13.4. The molecule has 1 aliphatic carbocycles. The Morgan fingerprint density at radius 3 is 2.65 bits per heavy atom. The Kier molecular flexibility index (Phi) is 6.54. The summed E-state index contributed by atoms with van der Waals surface area (Å²) in [5.41, 5.74) is 2.38. The first-order valence-electron chi connectivity index (χ1n) is 12.5. The van der Waals surface area contributed by atoms with Gasteiger partial charge in [0.25, 0.3) is 11.8 Å². The van der Waals surface area contributed by atoms with Crippen molar-refractivity contribution >= 4 is 23.3 Å². The van der Waals surface area contributed by atoms with Crippen LogP contribution in [0.2, 0.25) is 0 Å². The molecule has 6 rings (SSSR count). The number of carbonyl (C=O) groups excluding carboxylic acids is 1. The first kappa shape index (κ1) is 25.7. The number of alkyl halides is 3. The third kappa shape index (κ3) is 5.05. The number of anilines is 2. The molecule has 204 valence electrons. The molecule has 0 bridgehead atoms. The van der Waals surface area contributed by atoms with E-state index in [-0.39, 0.29) is 29.4 Å². The van der Waals surface area contributed by atoms with Crippen LogP contribution in [0.15, 0.2) is 76.3 Å². The molecular formula is C28H23F3N6O3.